The number of amides is 1. The highest BCUT2D eigenvalue weighted by molar-refractivity contribution is 5.92. The van der Waals surface area contributed by atoms with Crippen molar-refractivity contribution in [3.05, 3.63) is 98.0 Å². The molecule has 4 aromatic rings. The lowest BCUT2D eigenvalue weighted by molar-refractivity contribution is -0.116. The van der Waals surface area contributed by atoms with Crippen LogP contribution in [0.2, 0.25) is 0 Å². The Morgan fingerprint density at radius 1 is 0.938 bits per heavy atom. The predicted octanol–water partition coefficient (Wildman–Crippen LogP) is 2.57. The van der Waals surface area contributed by atoms with Crippen molar-refractivity contribution < 1.29 is 4.79 Å². The standard InChI is InChI=1S/C24H23N5O3/c1-15-11-16(2)20(17(3)12-15)27-19(30)14-28-22-21(25-9-10-26-22)23(31)29(24(28)32)13-18-7-5-4-6-8-18/h4-12H,13-14H2,1-3H3,(H,27,30). The number of carbonyl (C=O) groups is 1. The second-order valence-corrected chi connectivity index (χ2v) is 7.80. The summed E-state index contributed by atoms with van der Waals surface area (Å²) in [5.74, 6) is -0.390. The van der Waals surface area contributed by atoms with Crippen LogP contribution >= 0.6 is 0 Å². The van der Waals surface area contributed by atoms with Crippen molar-refractivity contribution in [3.8, 4) is 0 Å². The summed E-state index contributed by atoms with van der Waals surface area (Å²) in [7, 11) is 0. The molecule has 2 aromatic carbocycles. The summed E-state index contributed by atoms with van der Waals surface area (Å²) in [5.41, 5.74) is 3.44. The minimum Gasteiger partial charge on any atom is -0.324 e. The number of nitrogens with one attached hydrogen (secondary N) is 1. The van der Waals surface area contributed by atoms with E-state index in [1.807, 2.05) is 63.2 Å². The molecular formula is C24H23N5O3. The lowest BCUT2D eigenvalue weighted by Crippen LogP contribution is -2.42. The van der Waals surface area contributed by atoms with Crippen LogP contribution in [0.1, 0.15) is 22.3 Å². The van der Waals surface area contributed by atoms with Gasteiger partial charge in [-0.1, -0.05) is 48.0 Å². The first-order valence-corrected chi connectivity index (χ1v) is 10.2. The Morgan fingerprint density at radius 2 is 1.59 bits per heavy atom. The summed E-state index contributed by atoms with van der Waals surface area (Å²) < 4.78 is 2.28. The molecule has 0 bridgehead atoms. The highest BCUT2D eigenvalue weighted by Crippen LogP contribution is 2.22. The first-order chi connectivity index (χ1) is 15.3. The maximum Gasteiger partial charge on any atom is 0.333 e. The van der Waals surface area contributed by atoms with Crippen LogP contribution in [0, 0.1) is 20.8 Å². The molecule has 1 amide bonds. The Hall–Kier alpha value is -4.07. The normalized spacial score (nSPS) is 11.0. The van der Waals surface area contributed by atoms with Crippen molar-refractivity contribution in [3.63, 3.8) is 0 Å². The number of carbonyl (C=O) groups excluding carboxylic acids is 1. The fraction of sp³-hybridized carbons (Fsp3) is 0.208. The van der Waals surface area contributed by atoms with Crippen LogP contribution in [-0.2, 0) is 17.9 Å². The molecule has 0 saturated carbocycles. The van der Waals surface area contributed by atoms with Gasteiger partial charge in [-0.15, -0.1) is 0 Å². The average Bonchev–Trinajstić information content (AvgIpc) is 2.77. The quantitative estimate of drug-likeness (QED) is 0.526. The number of anilines is 1. The van der Waals surface area contributed by atoms with Crippen molar-refractivity contribution in [1.29, 1.82) is 0 Å². The number of hydrogen-bond acceptors (Lipinski definition) is 5. The maximum atomic E-state index is 13.3. The molecule has 0 unspecified atom stereocenters. The van der Waals surface area contributed by atoms with E-state index in [1.54, 1.807) is 0 Å². The number of nitrogens with zero attached hydrogens (tertiary/aromatic N) is 4. The number of aryl methyl sites for hydroxylation is 3. The van der Waals surface area contributed by atoms with Crippen LogP contribution in [0.25, 0.3) is 11.2 Å². The van der Waals surface area contributed by atoms with Gasteiger partial charge in [-0.2, -0.15) is 0 Å². The van der Waals surface area contributed by atoms with Crippen molar-refractivity contribution in [2.45, 2.75) is 33.9 Å². The van der Waals surface area contributed by atoms with E-state index >= 15 is 0 Å². The van der Waals surface area contributed by atoms with Gasteiger partial charge < -0.3 is 5.32 Å². The van der Waals surface area contributed by atoms with E-state index in [2.05, 4.69) is 15.3 Å². The Morgan fingerprint density at radius 3 is 2.28 bits per heavy atom. The Bertz CT molecular complexity index is 1410. The lowest BCUT2D eigenvalue weighted by atomic mass is 10.1. The van der Waals surface area contributed by atoms with Gasteiger partial charge in [0.2, 0.25) is 5.91 Å². The number of benzene rings is 2. The number of rotatable bonds is 5. The molecule has 0 aliphatic rings. The fourth-order valence-corrected chi connectivity index (χ4v) is 3.88. The zero-order chi connectivity index (χ0) is 22.8. The van der Waals surface area contributed by atoms with E-state index in [1.165, 1.54) is 17.0 Å². The molecular weight excluding hydrogens is 406 g/mol. The molecule has 32 heavy (non-hydrogen) atoms. The van der Waals surface area contributed by atoms with E-state index in [9.17, 15) is 14.4 Å². The van der Waals surface area contributed by atoms with E-state index in [4.69, 9.17) is 0 Å². The zero-order valence-corrected chi connectivity index (χ0v) is 18.1. The highest BCUT2D eigenvalue weighted by atomic mass is 16.2. The molecule has 0 fully saturated rings. The van der Waals surface area contributed by atoms with Gasteiger partial charge in [-0.25, -0.2) is 14.8 Å². The average molecular weight is 429 g/mol. The molecule has 2 aromatic heterocycles. The first-order valence-electron chi connectivity index (χ1n) is 10.2. The number of aromatic nitrogens is 4. The topological polar surface area (TPSA) is 98.9 Å². The predicted molar refractivity (Wildman–Crippen MR) is 123 cm³/mol. The van der Waals surface area contributed by atoms with Crippen LogP contribution in [-0.4, -0.2) is 25.0 Å². The maximum absolute atomic E-state index is 13.3. The number of hydrogen-bond donors (Lipinski definition) is 1. The smallest absolute Gasteiger partial charge is 0.324 e. The second kappa shape index (κ2) is 8.58. The summed E-state index contributed by atoms with van der Waals surface area (Å²) in [6.45, 7) is 5.61. The molecule has 162 valence electrons. The van der Waals surface area contributed by atoms with Crippen molar-refractivity contribution in [2.75, 3.05) is 5.32 Å². The molecule has 8 nitrogen and oxygen atoms in total. The van der Waals surface area contributed by atoms with Crippen molar-refractivity contribution in [2.24, 2.45) is 0 Å². The minimum absolute atomic E-state index is 0.0403. The van der Waals surface area contributed by atoms with E-state index in [0.717, 1.165) is 26.8 Å². The third-order valence-corrected chi connectivity index (χ3v) is 5.27. The van der Waals surface area contributed by atoms with Gasteiger partial charge in [0.05, 0.1) is 6.54 Å². The largest absolute Gasteiger partial charge is 0.333 e. The Balaban J connectivity index is 1.76. The van der Waals surface area contributed by atoms with Crippen molar-refractivity contribution in [1.82, 2.24) is 19.1 Å². The fourth-order valence-electron chi connectivity index (χ4n) is 3.88. The van der Waals surface area contributed by atoms with Gasteiger partial charge in [-0.05, 0) is 37.5 Å². The van der Waals surface area contributed by atoms with Gasteiger partial charge in [0.1, 0.15) is 6.54 Å². The highest BCUT2D eigenvalue weighted by Gasteiger charge is 2.18. The molecule has 0 aliphatic carbocycles. The first kappa shape index (κ1) is 21.2. The molecule has 0 atom stereocenters. The van der Waals surface area contributed by atoms with Crippen molar-refractivity contribution >= 4 is 22.8 Å². The summed E-state index contributed by atoms with van der Waals surface area (Å²) in [4.78, 5) is 47.4. The van der Waals surface area contributed by atoms with Crippen LogP contribution in [0.3, 0.4) is 0 Å². The Labute approximate surface area is 184 Å². The minimum atomic E-state index is -0.612. The van der Waals surface area contributed by atoms with Crippen LogP contribution < -0.4 is 16.6 Å². The SMILES string of the molecule is Cc1cc(C)c(NC(=O)Cn2c(=O)n(Cc3ccccc3)c(=O)c3nccnc32)c(C)c1. The zero-order valence-electron chi connectivity index (χ0n) is 18.1. The summed E-state index contributed by atoms with van der Waals surface area (Å²) >= 11 is 0. The third kappa shape index (κ3) is 4.07. The van der Waals surface area contributed by atoms with Gasteiger partial charge in [-0.3, -0.25) is 18.7 Å². The third-order valence-electron chi connectivity index (χ3n) is 5.27. The summed E-state index contributed by atoms with van der Waals surface area (Å²) in [6.07, 6.45) is 2.79. The molecule has 0 aliphatic heterocycles. The summed E-state index contributed by atoms with van der Waals surface area (Å²) in [5, 5.41) is 2.90. The van der Waals surface area contributed by atoms with Gasteiger partial charge >= 0.3 is 5.69 Å². The van der Waals surface area contributed by atoms with E-state index < -0.39 is 11.2 Å². The lowest BCUT2D eigenvalue weighted by Gasteiger charge is -2.15. The molecule has 1 N–H and O–H groups in total. The Kier molecular flexibility index (Phi) is 5.68. The monoisotopic (exact) mass is 429 g/mol. The molecule has 2 heterocycles. The van der Waals surface area contributed by atoms with Gasteiger partial charge in [0, 0.05) is 18.1 Å². The molecule has 4 rings (SSSR count). The van der Waals surface area contributed by atoms with E-state index in [-0.39, 0.29) is 30.2 Å². The molecule has 8 heteroatoms. The summed E-state index contributed by atoms with van der Waals surface area (Å²) in [6, 6.07) is 13.1. The van der Waals surface area contributed by atoms with Gasteiger partial charge in [0.25, 0.3) is 5.56 Å². The van der Waals surface area contributed by atoms with Gasteiger partial charge in [0.15, 0.2) is 11.2 Å². The van der Waals surface area contributed by atoms with E-state index in [0.29, 0.717) is 5.69 Å². The second-order valence-electron chi connectivity index (χ2n) is 7.80. The van der Waals surface area contributed by atoms with Crippen LogP contribution in [0.4, 0.5) is 5.69 Å². The molecule has 0 radical (unpaired) electrons. The molecule has 0 spiro atoms. The molecule has 0 saturated heterocycles. The van der Waals surface area contributed by atoms with Crippen LogP contribution in [0.5, 0.6) is 0 Å². The van der Waals surface area contributed by atoms with Crippen LogP contribution in [0.15, 0.2) is 64.4 Å². The number of fused-ring (bicyclic) bond motifs is 1.